The van der Waals surface area contributed by atoms with Crippen molar-refractivity contribution >= 4 is 23.3 Å². The predicted octanol–water partition coefficient (Wildman–Crippen LogP) is 3.11. The molecule has 0 radical (unpaired) electrons. The molecule has 0 spiro atoms. The van der Waals surface area contributed by atoms with Gasteiger partial charge in [0.25, 0.3) is 5.91 Å². The molecule has 0 saturated carbocycles. The van der Waals surface area contributed by atoms with Crippen LogP contribution in [0.15, 0.2) is 30.3 Å². The van der Waals surface area contributed by atoms with Gasteiger partial charge in [-0.25, -0.2) is 9.37 Å². The number of hydrogen-bond acceptors (Lipinski definition) is 5. The van der Waals surface area contributed by atoms with Gasteiger partial charge in [0.05, 0.1) is 5.69 Å². The average molecular weight is 439 g/mol. The molecule has 1 aromatic carbocycles. The number of fused-ring (bicyclic) bond motifs is 1. The van der Waals surface area contributed by atoms with Crippen molar-refractivity contribution in [3.63, 3.8) is 0 Å². The summed E-state index contributed by atoms with van der Waals surface area (Å²) in [6, 6.07) is 7.54. The molecule has 0 aliphatic carbocycles. The molecule has 0 bridgehead atoms. The van der Waals surface area contributed by atoms with Gasteiger partial charge >= 0.3 is 0 Å². The lowest BCUT2D eigenvalue weighted by atomic mass is 10.1. The zero-order chi connectivity index (χ0) is 23.0. The summed E-state index contributed by atoms with van der Waals surface area (Å²) < 4.78 is 16.2. The van der Waals surface area contributed by atoms with Gasteiger partial charge in [0.2, 0.25) is 5.91 Å². The van der Waals surface area contributed by atoms with Crippen LogP contribution in [0, 0.1) is 5.82 Å². The molecule has 1 aliphatic heterocycles. The van der Waals surface area contributed by atoms with E-state index in [0.717, 1.165) is 31.7 Å². The van der Waals surface area contributed by atoms with E-state index in [2.05, 4.69) is 17.0 Å². The summed E-state index contributed by atoms with van der Waals surface area (Å²) in [7, 11) is 3.70. The minimum absolute atomic E-state index is 0.0848. The van der Waals surface area contributed by atoms with Crippen molar-refractivity contribution in [2.24, 2.45) is 5.73 Å². The fraction of sp³-hybridized carbons (Fsp3) is 0.391. The number of halogens is 1. The highest BCUT2D eigenvalue weighted by Crippen LogP contribution is 2.27. The van der Waals surface area contributed by atoms with Gasteiger partial charge in [-0.1, -0.05) is 12.8 Å². The molecule has 3 aromatic rings. The minimum atomic E-state index is -0.701. The molecule has 2 N–H and O–H groups in total. The summed E-state index contributed by atoms with van der Waals surface area (Å²) in [4.78, 5) is 32.9. The third-order valence-electron chi connectivity index (χ3n) is 5.93. The van der Waals surface area contributed by atoms with Crippen LogP contribution in [-0.4, -0.2) is 58.0 Å². The average Bonchev–Trinajstić information content (AvgIpc) is 3.06. The molecule has 2 amide bonds. The number of anilines is 1. The fourth-order valence-corrected chi connectivity index (χ4v) is 4.12. The largest absolute Gasteiger partial charge is 0.366 e. The van der Waals surface area contributed by atoms with Gasteiger partial charge in [-0.05, 0) is 38.0 Å². The minimum Gasteiger partial charge on any atom is -0.366 e. The molecule has 2 aromatic heterocycles. The van der Waals surface area contributed by atoms with E-state index in [1.165, 1.54) is 12.1 Å². The van der Waals surface area contributed by atoms with E-state index in [1.54, 1.807) is 16.6 Å². The first-order valence-corrected chi connectivity index (χ1v) is 10.7. The first-order chi connectivity index (χ1) is 15.3. The molecule has 1 atom stereocenters. The van der Waals surface area contributed by atoms with Crippen molar-refractivity contribution in [1.29, 1.82) is 0 Å². The molecule has 4 rings (SSSR count). The van der Waals surface area contributed by atoms with E-state index in [1.807, 2.05) is 23.9 Å². The number of nitrogens with zero attached hydrogens (tertiary/aromatic N) is 5. The Hall–Kier alpha value is -3.49. The maximum absolute atomic E-state index is 14.7. The standard InChI is InChI=1S/C23H27FN6O2/c1-14-7-5-4-6-10-29(14)23(32)19-13-21(28(2)3)30-20(26-19)12-18(27-30)16-9-8-15(22(25)31)11-17(16)24/h8-9,11-14H,4-7,10H2,1-3H3,(H2,25,31). The molecule has 1 unspecified atom stereocenters. The highest BCUT2D eigenvalue weighted by Gasteiger charge is 2.26. The molecule has 1 saturated heterocycles. The molecule has 1 aliphatic rings. The van der Waals surface area contributed by atoms with Crippen LogP contribution in [-0.2, 0) is 0 Å². The van der Waals surface area contributed by atoms with E-state index < -0.39 is 11.7 Å². The van der Waals surface area contributed by atoms with Gasteiger partial charge in [-0.15, -0.1) is 0 Å². The zero-order valence-corrected chi connectivity index (χ0v) is 18.5. The van der Waals surface area contributed by atoms with Gasteiger partial charge in [0.1, 0.15) is 17.3 Å². The van der Waals surface area contributed by atoms with Crippen LogP contribution >= 0.6 is 0 Å². The van der Waals surface area contributed by atoms with Crippen molar-refractivity contribution < 1.29 is 14.0 Å². The topological polar surface area (TPSA) is 96.8 Å². The van der Waals surface area contributed by atoms with Crippen LogP contribution in [0.5, 0.6) is 0 Å². The van der Waals surface area contributed by atoms with Crippen LogP contribution in [0.2, 0.25) is 0 Å². The Bertz CT molecular complexity index is 1190. The Balaban J connectivity index is 1.78. The van der Waals surface area contributed by atoms with E-state index in [0.29, 0.717) is 29.4 Å². The second-order valence-corrected chi connectivity index (χ2v) is 8.45. The number of rotatable bonds is 4. The molecule has 32 heavy (non-hydrogen) atoms. The number of carbonyl (C=O) groups is 2. The summed E-state index contributed by atoms with van der Waals surface area (Å²) in [6.45, 7) is 2.79. The number of primary amides is 1. The lowest BCUT2D eigenvalue weighted by Crippen LogP contribution is -2.38. The Morgan fingerprint density at radius 2 is 1.94 bits per heavy atom. The molecule has 8 nitrogen and oxygen atoms in total. The van der Waals surface area contributed by atoms with Gasteiger partial charge in [-0.3, -0.25) is 9.59 Å². The van der Waals surface area contributed by atoms with Crippen LogP contribution in [0.25, 0.3) is 16.9 Å². The molecule has 3 heterocycles. The summed E-state index contributed by atoms with van der Waals surface area (Å²) in [5.74, 6) is -0.760. The molecule has 9 heteroatoms. The number of likely N-dealkylation sites (tertiary alicyclic amines) is 1. The normalized spacial score (nSPS) is 16.8. The van der Waals surface area contributed by atoms with Gasteiger partial charge in [-0.2, -0.15) is 9.61 Å². The van der Waals surface area contributed by atoms with E-state index in [-0.39, 0.29) is 23.1 Å². The summed E-state index contributed by atoms with van der Waals surface area (Å²) in [5.41, 5.74) is 6.67. The predicted molar refractivity (Wildman–Crippen MR) is 120 cm³/mol. The lowest BCUT2D eigenvalue weighted by molar-refractivity contribution is 0.0692. The quantitative estimate of drug-likeness (QED) is 0.675. The first kappa shape index (κ1) is 21.7. The smallest absolute Gasteiger partial charge is 0.272 e. The van der Waals surface area contributed by atoms with Gasteiger partial charge in [0.15, 0.2) is 5.65 Å². The monoisotopic (exact) mass is 438 g/mol. The maximum atomic E-state index is 14.7. The Morgan fingerprint density at radius 3 is 2.62 bits per heavy atom. The number of benzene rings is 1. The number of carbonyl (C=O) groups excluding carboxylic acids is 2. The number of nitrogens with two attached hydrogens (primary N) is 1. The highest BCUT2D eigenvalue weighted by atomic mass is 19.1. The maximum Gasteiger partial charge on any atom is 0.272 e. The first-order valence-electron chi connectivity index (χ1n) is 10.7. The van der Waals surface area contributed by atoms with E-state index in [4.69, 9.17) is 5.73 Å². The van der Waals surface area contributed by atoms with E-state index >= 15 is 0 Å². The number of hydrogen-bond donors (Lipinski definition) is 1. The molecular formula is C23H27FN6O2. The molecule has 168 valence electrons. The van der Waals surface area contributed by atoms with Crippen LogP contribution in [0.1, 0.15) is 53.5 Å². The SMILES string of the molecule is CC1CCCCCN1C(=O)c1cc(N(C)C)n2nc(-c3ccc(C(N)=O)cc3F)cc2n1. The van der Waals surface area contributed by atoms with Gasteiger partial charge in [0, 0.05) is 49.9 Å². The van der Waals surface area contributed by atoms with Crippen LogP contribution < -0.4 is 10.6 Å². The molecule has 1 fully saturated rings. The lowest BCUT2D eigenvalue weighted by Gasteiger charge is -2.27. The second kappa shape index (κ2) is 8.57. The van der Waals surface area contributed by atoms with Crippen molar-refractivity contribution in [2.45, 2.75) is 38.6 Å². The van der Waals surface area contributed by atoms with Crippen LogP contribution in [0.4, 0.5) is 10.2 Å². The fourth-order valence-electron chi connectivity index (χ4n) is 4.12. The van der Waals surface area contributed by atoms with Crippen molar-refractivity contribution in [1.82, 2.24) is 19.5 Å². The van der Waals surface area contributed by atoms with Crippen molar-refractivity contribution in [3.8, 4) is 11.3 Å². The number of amides is 2. The van der Waals surface area contributed by atoms with Crippen molar-refractivity contribution in [3.05, 3.63) is 47.4 Å². The Labute approximate surface area is 185 Å². The summed E-state index contributed by atoms with van der Waals surface area (Å²) in [6.07, 6.45) is 4.20. The molecular weight excluding hydrogens is 411 g/mol. The van der Waals surface area contributed by atoms with Crippen molar-refractivity contribution in [2.75, 3.05) is 25.5 Å². The Kier molecular flexibility index (Phi) is 5.82. The second-order valence-electron chi connectivity index (χ2n) is 8.45. The zero-order valence-electron chi connectivity index (χ0n) is 18.5. The third-order valence-corrected chi connectivity index (χ3v) is 5.93. The van der Waals surface area contributed by atoms with Crippen LogP contribution in [0.3, 0.4) is 0 Å². The summed E-state index contributed by atoms with van der Waals surface area (Å²) in [5, 5.41) is 4.51. The Morgan fingerprint density at radius 1 is 1.16 bits per heavy atom. The highest BCUT2D eigenvalue weighted by molar-refractivity contribution is 5.94. The van der Waals surface area contributed by atoms with E-state index in [9.17, 15) is 14.0 Å². The summed E-state index contributed by atoms with van der Waals surface area (Å²) >= 11 is 0. The third kappa shape index (κ3) is 4.02. The van der Waals surface area contributed by atoms with Gasteiger partial charge < -0.3 is 15.5 Å². The number of aromatic nitrogens is 3.